The molecule has 0 aliphatic heterocycles. The topological polar surface area (TPSA) is 92.6 Å². The van der Waals surface area contributed by atoms with Gasteiger partial charge in [-0.25, -0.2) is 9.37 Å². The molecule has 116 valence electrons. The van der Waals surface area contributed by atoms with Gasteiger partial charge in [-0.3, -0.25) is 29.6 Å². The molecule has 0 unspecified atom stereocenters. The molecule has 2 heterocycles. The highest BCUT2D eigenvalue weighted by molar-refractivity contribution is 7.15. The van der Waals surface area contributed by atoms with Crippen LogP contribution in [0.1, 0.15) is 20.7 Å². The molecular weight excluding hydrogens is 323 g/mol. The standard InChI is InChI=1S/C14H9FN4O3S/c15-10-4-2-1-3-8(10)11(20)17-18-12(21)9-7-16-14-19(13(9)22)5-6-23-14/h1-7H,(H,17,20)(H,18,21). The Kier molecular flexibility index (Phi) is 3.85. The first kappa shape index (κ1) is 14.9. The number of hydrogen-bond donors (Lipinski definition) is 2. The van der Waals surface area contributed by atoms with Gasteiger partial charge in [0.1, 0.15) is 11.4 Å². The number of amides is 2. The number of rotatable bonds is 2. The van der Waals surface area contributed by atoms with Gasteiger partial charge >= 0.3 is 0 Å². The highest BCUT2D eigenvalue weighted by Crippen LogP contribution is 2.06. The van der Waals surface area contributed by atoms with Crippen LogP contribution in [0, 0.1) is 5.82 Å². The summed E-state index contributed by atoms with van der Waals surface area (Å²) in [5.74, 6) is -2.39. The van der Waals surface area contributed by atoms with E-state index >= 15 is 0 Å². The van der Waals surface area contributed by atoms with E-state index in [0.29, 0.717) is 4.96 Å². The van der Waals surface area contributed by atoms with Gasteiger partial charge in [0.05, 0.1) is 5.56 Å². The van der Waals surface area contributed by atoms with Crippen molar-refractivity contribution in [3.8, 4) is 0 Å². The van der Waals surface area contributed by atoms with Gasteiger partial charge in [-0.05, 0) is 12.1 Å². The lowest BCUT2D eigenvalue weighted by Crippen LogP contribution is -2.44. The summed E-state index contributed by atoms with van der Waals surface area (Å²) >= 11 is 1.25. The largest absolute Gasteiger partial charge is 0.276 e. The molecule has 9 heteroatoms. The molecule has 3 aromatic rings. The Morgan fingerprint density at radius 3 is 2.57 bits per heavy atom. The van der Waals surface area contributed by atoms with Gasteiger partial charge in [0, 0.05) is 17.8 Å². The molecule has 7 nitrogen and oxygen atoms in total. The lowest BCUT2D eigenvalue weighted by Gasteiger charge is -2.07. The molecule has 23 heavy (non-hydrogen) atoms. The van der Waals surface area contributed by atoms with E-state index in [1.807, 2.05) is 0 Å². The van der Waals surface area contributed by atoms with E-state index in [1.165, 1.54) is 40.1 Å². The number of fused-ring (bicyclic) bond motifs is 1. The number of nitrogens with zero attached hydrogens (tertiary/aromatic N) is 2. The molecule has 0 saturated heterocycles. The first-order chi connectivity index (χ1) is 11.1. The quantitative estimate of drug-likeness (QED) is 0.684. The van der Waals surface area contributed by atoms with Crippen molar-refractivity contribution in [1.29, 1.82) is 0 Å². The van der Waals surface area contributed by atoms with Crippen LogP contribution in [0.5, 0.6) is 0 Å². The zero-order chi connectivity index (χ0) is 16.4. The molecule has 3 rings (SSSR count). The zero-order valence-electron chi connectivity index (χ0n) is 11.4. The second-order valence-corrected chi connectivity index (χ2v) is 5.29. The van der Waals surface area contributed by atoms with Crippen LogP contribution in [0.25, 0.3) is 4.96 Å². The van der Waals surface area contributed by atoms with Crippen LogP contribution < -0.4 is 16.4 Å². The van der Waals surface area contributed by atoms with Crippen LogP contribution >= 0.6 is 11.3 Å². The van der Waals surface area contributed by atoms with Crippen LogP contribution in [0.4, 0.5) is 4.39 Å². The van der Waals surface area contributed by atoms with Crippen molar-refractivity contribution in [3.05, 3.63) is 69.3 Å². The van der Waals surface area contributed by atoms with Crippen LogP contribution in [0.2, 0.25) is 0 Å². The Balaban J connectivity index is 1.76. The predicted molar refractivity (Wildman–Crippen MR) is 80.7 cm³/mol. The van der Waals surface area contributed by atoms with Crippen molar-refractivity contribution in [3.63, 3.8) is 0 Å². The van der Waals surface area contributed by atoms with Crippen molar-refractivity contribution in [1.82, 2.24) is 20.2 Å². The molecule has 2 N–H and O–H groups in total. The van der Waals surface area contributed by atoms with Gasteiger partial charge < -0.3 is 0 Å². The van der Waals surface area contributed by atoms with Gasteiger partial charge in [-0.15, -0.1) is 11.3 Å². The third-order valence-corrected chi connectivity index (χ3v) is 3.77. The highest BCUT2D eigenvalue weighted by Gasteiger charge is 2.16. The second-order valence-electron chi connectivity index (χ2n) is 4.42. The Labute approximate surface area is 132 Å². The molecule has 2 amide bonds. The number of halogens is 1. The van der Waals surface area contributed by atoms with Crippen molar-refractivity contribution < 1.29 is 14.0 Å². The molecule has 0 atom stereocenters. The molecule has 0 aliphatic carbocycles. The number of carbonyl (C=O) groups excluding carboxylic acids is 2. The Hall–Kier alpha value is -3.07. The number of hydrogen-bond acceptors (Lipinski definition) is 5. The van der Waals surface area contributed by atoms with E-state index in [1.54, 1.807) is 5.38 Å². The molecule has 0 spiro atoms. The Bertz CT molecular complexity index is 966. The van der Waals surface area contributed by atoms with Gasteiger partial charge in [0.2, 0.25) is 0 Å². The van der Waals surface area contributed by atoms with Crippen LogP contribution in [0.15, 0.2) is 46.8 Å². The van der Waals surface area contributed by atoms with E-state index in [0.717, 1.165) is 12.3 Å². The summed E-state index contributed by atoms with van der Waals surface area (Å²) in [4.78, 5) is 40.3. The number of benzene rings is 1. The van der Waals surface area contributed by atoms with Crippen LogP contribution in [0.3, 0.4) is 0 Å². The average molecular weight is 332 g/mol. The van der Waals surface area contributed by atoms with E-state index in [-0.39, 0.29) is 11.1 Å². The van der Waals surface area contributed by atoms with Crippen molar-refractivity contribution in [2.75, 3.05) is 0 Å². The van der Waals surface area contributed by atoms with Crippen LogP contribution in [-0.4, -0.2) is 21.2 Å². The monoisotopic (exact) mass is 332 g/mol. The maximum absolute atomic E-state index is 13.5. The molecule has 0 radical (unpaired) electrons. The average Bonchev–Trinajstić information content (AvgIpc) is 3.02. The molecule has 0 fully saturated rings. The number of thiazole rings is 1. The number of nitrogens with one attached hydrogen (secondary N) is 2. The Morgan fingerprint density at radius 1 is 1.13 bits per heavy atom. The summed E-state index contributed by atoms with van der Waals surface area (Å²) in [6.45, 7) is 0. The van der Waals surface area contributed by atoms with E-state index < -0.39 is 23.2 Å². The van der Waals surface area contributed by atoms with Gasteiger partial charge in [-0.2, -0.15) is 0 Å². The summed E-state index contributed by atoms with van der Waals surface area (Å²) in [5.41, 5.74) is 3.09. The van der Waals surface area contributed by atoms with E-state index in [4.69, 9.17) is 0 Å². The maximum atomic E-state index is 13.5. The highest BCUT2D eigenvalue weighted by atomic mass is 32.1. The summed E-state index contributed by atoms with van der Waals surface area (Å²) < 4.78 is 14.7. The molecule has 1 aromatic carbocycles. The minimum atomic E-state index is -0.840. The Morgan fingerprint density at radius 2 is 1.83 bits per heavy atom. The first-order valence-corrected chi connectivity index (χ1v) is 7.26. The second kappa shape index (κ2) is 5.97. The predicted octanol–water partition coefficient (Wildman–Crippen LogP) is 0.970. The fraction of sp³-hybridized carbons (Fsp3) is 0. The third-order valence-electron chi connectivity index (χ3n) is 3.00. The van der Waals surface area contributed by atoms with E-state index in [9.17, 15) is 18.8 Å². The fourth-order valence-corrected chi connectivity index (χ4v) is 2.55. The van der Waals surface area contributed by atoms with Gasteiger partial charge in [0.25, 0.3) is 17.4 Å². The normalized spacial score (nSPS) is 10.5. The van der Waals surface area contributed by atoms with Crippen molar-refractivity contribution in [2.45, 2.75) is 0 Å². The lowest BCUT2D eigenvalue weighted by molar-refractivity contribution is 0.0843. The minimum absolute atomic E-state index is 0.226. The van der Waals surface area contributed by atoms with Gasteiger partial charge in [-0.1, -0.05) is 12.1 Å². The lowest BCUT2D eigenvalue weighted by atomic mass is 10.2. The van der Waals surface area contributed by atoms with Crippen molar-refractivity contribution >= 4 is 28.1 Å². The maximum Gasteiger partial charge on any atom is 0.276 e. The summed E-state index contributed by atoms with van der Waals surface area (Å²) in [5, 5.41) is 1.66. The first-order valence-electron chi connectivity index (χ1n) is 6.38. The van der Waals surface area contributed by atoms with Gasteiger partial charge in [0.15, 0.2) is 4.96 Å². The smallest absolute Gasteiger partial charge is 0.268 e. The van der Waals surface area contributed by atoms with Crippen molar-refractivity contribution in [2.24, 2.45) is 0 Å². The summed E-state index contributed by atoms with van der Waals surface area (Å²) in [6, 6.07) is 5.32. The molecule has 0 bridgehead atoms. The minimum Gasteiger partial charge on any atom is -0.268 e. The molecule has 0 saturated carbocycles. The van der Waals surface area contributed by atoms with E-state index in [2.05, 4.69) is 15.8 Å². The molecule has 2 aromatic heterocycles. The summed E-state index contributed by atoms with van der Waals surface area (Å²) in [6.07, 6.45) is 2.61. The zero-order valence-corrected chi connectivity index (χ0v) is 12.3. The number of hydrazine groups is 1. The van der Waals surface area contributed by atoms with Crippen LogP contribution in [-0.2, 0) is 0 Å². The fourth-order valence-electron chi connectivity index (χ4n) is 1.87. The number of carbonyl (C=O) groups is 2. The third kappa shape index (κ3) is 2.81. The SMILES string of the molecule is O=C(NNC(=O)c1cnc2sccn2c1=O)c1ccccc1F. The number of aromatic nitrogens is 2. The molecular formula is C14H9FN4O3S. The molecule has 0 aliphatic rings. The summed E-state index contributed by atoms with van der Waals surface area (Å²) in [7, 11) is 0.